The average Bonchev–Trinajstić information content (AvgIpc) is 3.00. The maximum atomic E-state index is 12.2. The molecule has 9 heteroatoms. The molecule has 0 aliphatic carbocycles. The van der Waals surface area contributed by atoms with Gasteiger partial charge in [0, 0.05) is 32.4 Å². The Hall–Kier alpha value is -1.71. The van der Waals surface area contributed by atoms with Crippen molar-refractivity contribution in [2.45, 2.75) is 182 Å². The summed E-state index contributed by atoms with van der Waals surface area (Å²) < 4.78 is 16.2. The highest BCUT2D eigenvalue weighted by Crippen LogP contribution is 2.15. The van der Waals surface area contributed by atoms with Crippen LogP contribution in [-0.2, 0) is 28.6 Å². The van der Waals surface area contributed by atoms with Gasteiger partial charge in [-0.2, -0.15) is 0 Å². The van der Waals surface area contributed by atoms with Crippen molar-refractivity contribution in [2.24, 2.45) is 11.8 Å². The first-order valence-corrected chi connectivity index (χ1v) is 18.9. The number of aliphatic hydroxyl groups is 2. The highest BCUT2D eigenvalue weighted by atomic mass is 16.6. The minimum Gasteiger partial charge on any atom is -0.465 e. The van der Waals surface area contributed by atoms with Gasteiger partial charge in [-0.05, 0) is 71.3 Å². The Labute approximate surface area is 287 Å². The van der Waals surface area contributed by atoms with Crippen molar-refractivity contribution in [1.29, 1.82) is 0 Å². The third-order valence-corrected chi connectivity index (χ3v) is 8.82. The molecular weight excluding hydrogens is 598 g/mol. The van der Waals surface area contributed by atoms with Gasteiger partial charge in [0.25, 0.3) is 0 Å². The molecule has 0 radical (unpaired) electrons. The Kier molecular flexibility index (Phi) is 27.1. The van der Waals surface area contributed by atoms with Gasteiger partial charge in [0.05, 0.1) is 25.4 Å². The molecule has 2 atom stereocenters. The Bertz CT molecular complexity index is 743. The summed E-state index contributed by atoms with van der Waals surface area (Å²) in [5.74, 6) is 0.403. The van der Waals surface area contributed by atoms with Gasteiger partial charge in [0.2, 0.25) is 0 Å². The summed E-state index contributed by atoms with van der Waals surface area (Å²) in [6, 6.07) is 0. The maximum absolute atomic E-state index is 12.2. The molecule has 0 spiro atoms. The lowest BCUT2D eigenvalue weighted by Crippen LogP contribution is -2.39. The maximum Gasteiger partial charge on any atom is 0.306 e. The van der Waals surface area contributed by atoms with Crippen LogP contribution in [-0.4, -0.2) is 83.7 Å². The molecule has 0 aliphatic heterocycles. The summed E-state index contributed by atoms with van der Waals surface area (Å²) in [6.45, 7) is 16.5. The minimum atomic E-state index is -0.529. The first-order chi connectivity index (χ1) is 22.3. The van der Waals surface area contributed by atoms with E-state index in [1.807, 2.05) is 20.8 Å². The normalized spacial score (nSPS) is 13.3. The second-order valence-electron chi connectivity index (χ2n) is 14.4. The van der Waals surface area contributed by atoms with Crippen LogP contribution >= 0.6 is 0 Å². The fraction of sp³-hybridized carbons (Fsp3) is 0.921. The number of carbonyl (C=O) groups excluding carboxylic acids is 3. The molecule has 0 aromatic carbocycles. The van der Waals surface area contributed by atoms with Crippen LogP contribution < -0.4 is 0 Å². The number of carbonyl (C=O) groups is 3. The van der Waals surface area contributed by atoms with Crippen molar-refractivity contribution in [3.63, 3.8) is 0 Å². The van der Waals surface area contributed by atoms with Crippen molar-refractivity contribution in [3.05, 3.63) is 0 Å². The number of hydrogen-bond acceptors (Lipinski definition) is 9. The third kappa shape index (κ3) is 27.9. The predicted molar refractivity (Wildman–Crippen MR) is 189 cm³/mol. The average molecular weight is 672 g/mol. The molecule has 2 N–H and O–H groups in total. The van der Waals surface area contributed by atoms with E-state index in [9.17, 15) is 24.6 Å². The molecule has 2 unspecified atom stereocenters. The van der Waals surface area contributed by atoms with Crippen molar-refractivity contribution < 1.29 is 38.8 Å². The Balaban J connectivity index is 4.50. The number of aliphatic hydroxyl groups excluding tert-OH is 2. The summed E-state index contributed by atoms with van der Waals surface area (Å²) in [5.41, 5.74) is -0.524. The molecule has 0 aromatic heterocycles. The van der Waals surface area contributed by atoms with Crippen LogP contribution in [0.15, 0.2) is 0 Å². The van der Waals surface area contributed by atoms with Crippen LogP contribution in [0.1, 0.15) is 164 Å². The second-order valence-corrected chi connectivity index (χ2v) is 14.4. The van der Waals surface area contributed by atoms with E-state index in [0.29, 0.717) is 83.2 Å². The molecule has 9 nitrogen and oxygen atoms in total. The summed E-state index contributed by atoms with van der Waals surface area (Å²) in [7, 11) is 0. The van der Waals surface area contributed by atoms with Crippen molar-refractivity contribution in [1.82, 2.24) is 4.90 Å². The molecule has 0 rings (SSSR count). The van der Waals surface area contributed by atoms with Crippen LogP contribution in [0, 0.1) is 11.8 Å². The van der Waals surface area contributed by atoms with E-state index in [1.165, 1.54) is 0 Å². The van der Waals surface area contributed by atoms with Gasteiger partial charge >= 0.3 is 17.9 Å². The lowest BCUT2D eigenvalue weighted by Gasteiger charge is -2.27. The lowest BCUT2D eigenvalue weighted by molar-refractivity contribution is -0.155. The summed E-state index contributed by atoms with van der Waals surface area (Å²) in [5, 5.41) is 21.6. The molecular formula is C38H73NO8. The summed E-state index contributed by atoms with van der Waals surface area (Å²) >= 11 is 0. The van der Waals surface area contributed by atoms with Gasteiger partial charge in [-0.25, -0.2) is 0 Å². The standard InChI is InChI=1S/C38H73NO8/c1-8-31(9-2)29-45-35(42)23-18-14-12-16-21-33(40)27-39(26-20-25-37(44)47-38(5,6)7)28-34(41)22-17-13-15-19-24-36(43)46-30-32(10-3)11-4/h31-34,40-41H,8-30H2,1-7H3. The zero-order chi connectivity index (χ0) is 35.5. The Morgan fingerprint density at radius 3 is 1.34 bits per heavy atom. The van der Waals surface area contributed by atoms with Crippen molar-refractivity contribution in [3.8, 4) is 0 Å². The smallest absolute Gasteiger partial charge is 0.306 e. The zero-order valence-corrected chi connectivity index (χ0v) is 31.4. The zero-order valence-electron chi connectivity index (χ0n) is 31.4. The van der Waals surface area contributed by atoms with E-state index in [1.54, 1.807) is 0 Å². The molecule has 0 amide bonds. The van der Waals surface area contributed by atoms with E-state index in [0.717, 1.165) is 77.0 Å². The van der Waals surface area contributed by atoms with E-state index in [4.69, 9.17) is 14.2 Å². The molecule has 278 valence electrons. The highest BCUT2D eigenvalue weighted by molar-refractivity contribution is 5.70. The van der Waals surface area contributed by atoms with Crippen LogP contribution in [0.4, 0.5) is 0 Å². The van der Waals surface area contributed by atoms with Crippen LogP contribution in [0.5, 0.6) is 0 Å². The highest BCUT2D eigenvalue weighted by Gasteiger charge is 2.19. The largest absolute Gasteiger partial charge is 0.465 e. The van der Waals surface area contributed by atoms with E-state index < -0.39 is 17.8 Å². The SMILES string of the molecule is CCC(CC)COC(=O)CCCCCCC(O)CN(CCCC(=O)OC(C)(C)C)CC(O)CCCCCCC(=O)OCC(CC)CC. The van der Waals surface area contributed by atoms with Gasteiger partial charge in [-0.1, -0.05) is 91.9 Å². The predicted octanol–water partition coefficient (Wildman–Crippen LogP) is 7.77. The second kappa shape index (κ2) is 28.2. The number of ether oxygens (including phenoxy) is 3. The fourth-order valence-electron chi connectivity index (χ4n) is 5.50. The molecule has 0 aromatic rings. The van der Waals surface area contributed by atoms with Gasteiger partial charge in [0.1, 0.15) is 5.60 Å². The number of hydrogen-bond donors (Lipinski definition) is 2. The van der Waals surface area contributed by atoms with Crippen LogP contribution in [0.2, 0.25) is 0 Å². The van der Waals surface area contributed by atoms with E-state index >= 15 is 0 Å². The quantitative estimate of drug-likeness (QED) is 0.0448. The molecule has 47 heavy (non-hydrogen) atoms. The number of nitrogens with zero attached hydrogens (tertiary/aromatic N) is 1. The first kappa shape index (κ1) is 45.3. The molecule has 0 aliphatic rings. The third-order valence-electron chi connectivity index (χ3n) is 8.82. The van der Waals surface area contributed by atoms with E-state index in [2.05, 4.69) is 32.6 Å². The molecule has 0 bridgehead atoms. The van der Waals surface area contributed by atoms with Gasteiger partial charge in [-0.15, -0.1) is 0 Å². The number of unbranched alkanes of at least 4 members (excludes halogenated alkanes) is 6. The van der Waals surface area contributed by atoms with Gasteiger partial charge < -0.3 is 24.4 Å². The van der Waals surface area contributed by atoms with E-state index in [-0.39, 0.29) is 17.9 Å². The Morgan fingerprint density at radius 2 is 0.957 bits per heavy atom. The van der Waals surface area contributed by atoms with Crippen molar-refractivity contribution >= 4 is 17.9 Å². The number of esters is 3. The molecule has 0 saturated heterocycles. The van der Waals surface area contributed by atoms with Crippen LogP contribution in [0.25, 0.3) is 0 Å². The number of rotatable bonds is 30. The minimum absolute atomic E-state index is 0.120. The van der Waals surface area contributed by atoms with Crippen molar-refractivity contribution in [2.75, 3.05) is 32.8 Å². The molecule has 0 saturated carbocycles. The molecule has 0 heterocycles. The topological polar surface area (TPSA) is 123 Å². The first-order valence-electron chi connectivity index (χ1n) is 18.9. The lowest BCUT2D eigenvalue weighted by atomic mass is 10.1. The monoisotopic (exact) mass is 672 g/mol. The van der Waals surface area contributed by atoms with Crippen LogP contribution in [0.3, 0.4) is 0 Å². The van der Waals surface area contributed by atoms with Gasteiger partial charge in [0.15, 0.2) is 0 Å². The fourth-order valence-corrected chi connectivity index (χ4v) is 5.50. The molecule has 0 fully saturated rings. The summed E-state index contributed by atoms with van der Waals surface area (Å²) in [6.07, 6.45) is 13.1. The van der Waals surface area contributed by atoms with Gasteiger partial charge in [-0.3, -0.25) is 19.3 Å². The summed E-state index contributed by atoms with van der Waals surface area (Å²) in [4.78, 5) is 38.3. The Morgan fingerprint density at radius 1 is 0.574 bits per heavy atom.